The van der Waals surface area contributed by atoms with Crippen LogP contribution in [0.1, 0.15) is 34.1 Å². The van der Waals surface area contributed by atoms with Gasteiger partial charge in [-0.3, -0.25) is 4.79 Å². The summed E-state index contributed by atoms with van der Waals surface area (Å²) < 4.78 is 5.28. The van der Waals surface area contributed by atoms with Crippen molar-refractivity contribution in [1.82, 2.24) is 0 Å². The fraction of sp³-hybridized carbons (Fsp3) is 0.833. The number of hydrogen-bond donors (Lipinski definition) is 3. The average Bonchev–Trinajstić information content (AvgIpc) is 2.23. The molecule has 0 aromatic rings. The van der Waals surface area contributed by atoms with Crippen LogP contribution in [0.2, 0.25) is 0 Å². The molecule has 6 heteroatoms. The summed E-state index contributed by atoms with van der Waals surface area (Å²) in [5.41, 5.74) is -0.483. The number of aliphatic hydroxyl groups excluding tert-OH is 2. The van der Waals surface area contributed by atoms with E-state index >= 15 is 0 Å². The van der Waals surface area contributed by atoms with Gasteiger partial charge in [0, 0.05) is 5.41 Å². The molecule has 0 aliphatic heterocycles. The molecule has 0 fully saturated rings. The third kappa shape index (κ3) is 6.13. The van der Waals surface area contributed by atoms with E-state index < -0.39 is 22.7 Å². The lowest BCUT2D eigenvalue weighted by Crippen LogP contribution is -2.39. The lowest BCUT2D eigenvalue weighted by molar-refractivity contribution is -0.112. The Bertz CT molecular complexity index is 302. The van der Waals surface area contributed by atoms with Gasteiger partial charge in [-0.2, -0.15) is 0 Å². The van der Waals surface area contributed by atoms with Crippen LogP contribution in [-0.4, -0.2) is 39.2 Å². The van der Waals surface area contributed by atoms with Gasteiger partial charge in [0.2, 0.25) is 0 Å². The van der Waals surface area contributed by atoms with Gasteiger partial charge in [-0.25, -0.2) is 0 Å². The van der Waals surface area contributed by atoms with Gasteiger partial charge in [-0.05, 0) is 18.1 Å². The summed E-state index contributed by atoms with van der Waals surface area (Å²) in [6, 6.07) is 0. The van der Waals surface area contributed by atoms with Gasteiger partial charge in [0.25, 0.3) is 0 Å². The van der Waals surface area contributed by atoms with E-state index in [4.69, 9.17) is 17.0 Å². The van der Waals surface area contributed by atoms with Gasteiger partial charge < -0.3 is 14.9 Å². The highest BCUT2D eigenvalue weighted by atomic mass is 32.1. The van der Waals surface area contributed by atoms with Gasteiger partial charge in [0.05, 0.1) is 19.1 Å². The summed E-state index contributed by atoms with van der Waals surface area (Å²) in [4.78, 5) is 10.7. The SMILES string of the molecule is CC(C)C(O)C(C)(C)COC(=S)C(O)CC(=O)S. The average molecular weight is 294 g/mol. The van der Waals surface area contributed by atoms with Crippen molar-refractivity contribution in [2.75, 3.05) is 6.61 Å². The number of rotatable bonds is 7. The fourth-order valence-corrected chi connectivity index (χ4v) is 1.91. The molecule has 4 nitrogen and oxygen atoms in total. The molecule has 2 unspecified atom stereocenters. The minimum absolute atomic E-state index is 0.0403. The maximum Gasteiger partial charge on any atom is 0.189 e. The second kappa shape index (κ2) is 7.43. The Morgan fingerprint density at radius 1 is 1.39 bits per heavy atom. The Kier molecular flexibility index (Phi) is 7.36. The van der Waals surface area contributed by atoms with E-state index in [1.165, 1.54) is 0 Å². The minimum atomic E-state index is -1.13. The summed E-state index contributed by atoms with van der Waals surface area (Å²) in [5, 5.41) is 19.0. The molecule has 0 heterocycles. The van der Waals surface area contributed by atoms with Crippen molar-refractivity contribution in [3.8, 4) is 0 Å². The number of aliphatic hydroxyl groups is 2. The monoisotopic (exact) mass is 294 g/mol. The van der Waals surface area contributed by atoms with E-state index in [-0.39, 0.29) is 24.0 Å². The lowest BCUT2D eigenvalue weighted by atomic mass is 9.81. The number of hydrogen-bond acceptors (Lipinski definition) is 5. The smallest absolute Gasteiger partial charge is 0.189 e. The van der Waals surface area contributed by atoms with Crippen LogP contribution in [0.4, 0.5) is 0 Å². The van der Waals surface area contributed by atoms with Crippen molar-refractivity contribution < 1.29 is 19.7 Å². The quantitative estimate of drug-likeness (QED) is 0.491. The summed E-state index contributed by atoms with van der Waals surface area (Å²) in [6.07, 6.45) is -1.84. The molecule has 2 N–H and O–H groups in total. The van der Waals surface area contributed by atoms with Gasteiger partial charge >= 0.3 is 0 Å². The zero-order chi connectivity index (χ0) is 14.5. The highest BCUT2D eigenvalue weighted by molar-refractivity contribution is 7.96. The first-order valence-corrected chi connectivity index (χ1v) is 6.68. The van der Waals surface area contributed by atoms with Crippen molar-refractivity contribution in [1.29, 1.82) is 0 Å². The highest BCUT2D eigenvalue weighted by Crippen LogP contribution is 2.26. The summed E-state index contributed by atoms with van der Waals surface area (Å²) >= 11 is 8.44. The van der Waals surface area contributed by atoms with Crippen LogP contribution >= 0.6 is 24.8 Å². The largest absolute Gasteiger partial charge is 0.484 e. The Balaban J connectivity index is 4.31. The predicted octanol–water partition coefficient (Wildman–Crippen LogP) is 1.58. The van der Waals surface area contributed by atoms with Gasteiger partial charge in [0.1, 0.15) is 6.10 Å². The molecule has 0 aromatic heterocycles. The second-order valence-electron chi connectivity index (χ2n) is 5.40. The number of carbonyl (C=O) groups excluding carboxylic acids is 1. The van der Waals surface area contributed by atoms with Gasteiger partial charge in [-0.1, -0.05) is 27.7 Å². The van der Waals surface area contributed by atoms with Gasteiger partial charge in [-0.15, -0.1) is 12.6 Å². The molecular weight excluding hydrogens is 272 g/mol. The molecule has 0 saturated heterocycles. The molecule has 0 spiro atoms. The van der Waals surface area contributed by atoms with Crippen LogP contribution in [0, 0.1) is 11.3 Å². The van der Waals surface area contributed by atoms with Crippen molar-refractivity contribution in [2.24, 2.45) is 11.3 Å². The molecule has 0 aliphatic rings. The number of carbonyl (C=O) groups is 1. The third-order valence-electron chi connectivity index (χ3n) is 2.66. The molecule has 0 saturated carbocycles. The van der Waals surface area contributed by atoms with E-state index in [1.807, 2.05) is 27.7 Å². The summed E-state index contributed by atoms with van der Waals surface area (Å²) in [7, 11) is 0. The Morgan fingerprint density at radius 2 is 1.89 bits per heavy atom. The first-order valence-electron chi connectivity index (χ1n) is 5.82. The van der Waals surface area contributed by atoms with Crippen LogP contribution in [0.25, 0.3) is 0 Å². The van der Waals surface area contributed by atoms with Gasteiger partial charge in [0.15, 0.2) is 10.2 Å². The molecule has 0 aromatic carbocycles. The van der Waals surface area contributed by atoms with Crippen LogP contribution in [0.5, 0.6) is 0 Å². The Labute approximate surface area is 119 Å². The molecule has 0 amide bonds. The molecule has 2 atom stereocenters. The highest BCUT2D eigenvalue weighted by Gasteiger charge is 2.32. The Hall–Kier alpha value is -0.170. The van der Waals surface area contributed by atoms with Crippen molar-refractivity contribution in [3.63, 3.8) is 0 Å². The first-order chi connectivity index (χ1) is 8.08. The molecule has 0 radical (unpaired) electrons. The zero-order valence-electron chi connectivity index (χ0n) is 11.2. The van der Waals surface area contributed by atoms with Crippen LogP contribution in [0.15, 0.2) is 0 Å². The van der Waals surface area contributed by atoms with E-state index in [0.29, 0.717) is 0 Å². The maximum absolute atomic E-state index is 10.7. The molecule has 106 valence electrons. The molecule has 0 aliphatic carbocycles. The van der Waals surface area contributed by atoms with Crippen molar-refractivity contribution in [2.45, 2.75) is 46.3 Å². The summed E-state index contributed by atoms with van der Waals surface area (Å²) in [6.45, 7) is 7.73. The van der Waals surface area contributed by atoms with E-state index in [0.717, 1.165) is 0 Å². The van der Waals surface area contributed by atoms with Crippen molar-refractivity contribution >= 4 is 35.0 Å². The number of thiol groups is 1. The molecule has 0 bridgehead atoms. The normalized spacial score (nSPS) is 15.3. The van der Waals surface area contributed by atoms with Crippen LogP contribution in [-0.2, 0) is 9.53 Å². The zero-order valence-corrected chi connectivity index (χ0v) is 12.9. The lowest BCUT2D eigenvalue weighted by Gasteiger charge is -2.33. The number of thiocarbonyl (C=S) groups is 1. The standard InChI is InChI=1S/C12H22O4S2/c1-7(2)10(15)12(3,4)6-16-11(18)8(13)5-9(14)17/h7-8,10,13,15H,5-6H2,1-4H3,(H,14,17). The Morgan fingerprint density at radius 3 is 2.28 bits per heavy atom. The number of ether oxygens (including phenoxy) is 1. The van der Waals surface area contributed by atoms with Crippen LogP contribution < -0.4 is 0 Å². The molecule has 0 rings (SSSR count). The molecular formula is C12H22O4S2. The summed E-state index contributed by atoms with van der Waals surface area (Å²) in [5.74, 6) is 0.0983. The first kappa shape index (κ1) is 17.8. The van der Waals surface area contributed by atoms with E-state index in [1.54, 1.807) is 0 Å². The topological polar surface area (TPSA) is 66.8 Å². The van der Waals surface area contributed by atoms with E-state index in [9.17, 15) is 15.0 Å². The van der Waals surface area contributed by atoms with E-state index in [2.05, 4.69) is 12.6 Å². The maximum atomic E-state index is 10.7. The van der Waals surface area contributed by atoms with Crippen LogP contribution in [0.3, 0.4) is 0 Å². The second-order valence-corrected chi connectivity index (χ2v) is 6.30. The fourth-order valence-electron chi connectivity index (χ4n) is 1.59. The minimum Gasteiger partial charge on any atom is -0.484 e. The predicted molar refractivity (Wildman–Crippen MR) is 77.8 cm³/mol. The molecule has 18 heavy (non-hydrogen) atoms. The third-order valence-corrected chi connectivity index (χ3v) is 3.23. The van der Waals surface area contributed by atoms with Crippen molar-refractivity contribution in [3.05, 3.63) is 0 Å².